The number of alkyl halides is 1. The Morgan fingerprint density at radius 3 is 2.50 bits per heavy atom. The number of aromatic nitrogens is 1. The molecule has 0 amide bonds. The van der Waals surface area contributed by atoms with Gasteiger partial charge in [-0.05, 0) is 48.9 Å². The van der Waals surface area contributed by atoms with Gasteiger partial charge in [-0.15, -0.1) is 0 Å². The van der Waals surface area contributed by atoms with E-state index in [-0.39, 0.29) is 28.6 Å². The minimum atomic E-state index is -4.19. The molecule has 1 unspecified atom stereocenters. The van der Waals surface area contributed by atoms with Crippen molar-refractivity contribution in [2.75, 3.05) is 10.8 Å². The fourth-order valence-electron chi connectivity index (χ4n) is 2.88. The van der Waals surface area contributed by atoms with Crippen molar-refractivity contribution >= 4 is 33.3 Å². The van der Waals surface area contributed by atoms with Crippen molar-refractivity contribution in [2.45, 2.75) is 24.7 Å². The van der Waals surface area contributed by atoms with Crippen molar-refractivity contribution in [3.63, 3.8) is 0 Å². The first kappa shape index (κ1) is 23.5. The summed E-state index contributed by atoms with van der Waals surface area (Å²) in [5, 5.41) is 9.08. The third-order valence-electron chi connectivity index (χ3n) is 4.40. The first-order valence-electron chi connectivity index (χ1n) is 9.51. The van der Waals surface area contributed by atoms with E-state index in [1.54, 1.807) is 18.2 Å². The molecule has 0 spiro atoms. The number of benzene rings is 2. The van der Waals surface area contributed by atoms with Gasteiger partial charge in [-0.3, -0.25) is 4.31 Å². The zero-order chi connectivity index (χ0) is 23.3. The van der Waals surface area contributed by atoms with Gasteiger partial charge in [-0.1, -0.05) is 29.8 Å². The quantitative estimate of drug-likeness (QED) is 0.484. The van der Waals surface area contributed by atoms with Crippen LogP contribution in [0.5, 0.6) is 5.75 Å². The number of rotatable bonds is 9. The average molecular weight is 479 g/mol. The summed E-state index contributed by atoms with van der Waals surface area (Å²) >= 11 is 6.10. The minimum absolute atomic E-state index is 0.00982. The zero-order valence-electron chi connectivity index (χ0n) is 17.0. The molecule has 1 aromatic heterocycles. The molecule has 168 valence electrons. The number of sulfonamides is 1. The fraction of sp³-hybridized carbons (Fsp3) is 0.182. The van der Waals surface area contributed by atoms with Crippen molar-refractivity contribution in [1.29, 1.82) is 0 Å². The Hall–Kier alpha value is -3.17. The minimum Gasteiger partial charge on any atom is -0.487 e. The summed E-state index contributed by atoms with van der Waals surface area (Å²) in [4.78, 5) is 14.9. The van der Waals surface area contributed by atoms with E-state index in [1.165, 1.54) is 55.6 Å². The zero-order valence-corrected chi connectivity index (χ0v) is 18.6. The van der Waals surface area contributed by atoms with E-state index in [0.717, 1.165) is 4.31 Å². The number of halogens is 2. The van der Waals surface area contributed by atoms with E-state index in [4.69, 9.17) is 21.4 Å². The maximum absolute atomic E-state index is 14.0. The van der Waals surface area contributed by atoms with Gasteiger partial charge in [0.1, 0.15) is 18.5 Å². The molecule has 0 saturated heterocycles. The maximum Gasteiger partial charge on any atom is 0.335 e. The molecule has 2 aromatic carbocycles. The van der Waals surface area contributed by atoms with E-state index in [1.807, 2.05) is 0 Å². The molecule has 1 atom stereocenters. The van der Waals surface area contributed by atoms with Gasteiger partial charge in [-0.25, -0.2) is 14.2 Å². The third kappa shape index (κ3) is 5.54. The van der Waals surface area contributed by atoms with Gasteiger partial charge < -0.3 is 9.84 Å². The summed E-state index contributed by atoms with van der Waals surface area (Å²) < 4.78 is 47.2. The Bertz CT molecular complexity index is 1190. The lowest BCUT2D eigenvalue weighted by Gasteiger charge is -2.26. The molecule has 32 heavy (non-hydrogen) atoms. The van der Waals surface area contributed by atoms with E-state index >= 15 is 0 Å². The average Bonchev–Trinajstić information content (AvgIpc) is 2.77. The standard InChI is InChI=1S/C22H20ClFN2O5S/c1-15(24)13-26(32(29,30)21-4-2-3-11-25-21)19-10-9-18(23)12-20(19)31-14-16-5-7-17(8-6-16)22(27)28/h2-12,15H,13-14H2,1H3,(H,27,28). The highest BCUT2D eigenvalue weighted by molar-refractivity contribution is 7.92. The highest BCUT2D eigenvalue weighted by Crippen LogP contribution is 2.35. The van der Waals surface area contributed by atoms with Gasteiger partial charge in [0.25, 0.3) is 10.0 Å². The maximum atomic E-state index is 14.0. The summed E-state index contributed by atoms with van der Waals surface area (Å²) in [6.07, 6.45) is -0.134. The molecule has 0 aliphatic heterocycles. The number of ether oxygens (including phenoxy) is 1. The largest absolute Gasteiger partial charge is 0.487 e. The van der Waals surface area contributed by atoms with Crippen LogP contribution in [0.4, 0.5) is 10.1 Å². The monoisotopic (exact) mass is 478 g/mol. The molecule has 0 radical (unpaired) electrons. The summed E-state index contributed by atoms with van der Waals surface area (Å²) in [5.41, 5.74) is 0.882. The summed E-state index contributed by atoms with van der Waals surface area (Å²) in [6.45, 7) is 0.807. The van der Waals surface area contributed by atoms with Crippen LogP contribution in [0, 0.1) is 0 Å². The Balaban J connectivity index is 1.96. The number of pyridine rings is 1. The molecular weight excluding hydrogens is 459 g/mol. The molecule has 0 aliphatic rings. The molecule has 3 rings (SSSR count). The van der Waals surface area contributed by atoms with E-state index in [9.17, 15) is 17.6 Å². The predicted molar refractivity (Wildman–Crippen MR) is 119 cm³/mol. The van der Waals surface area contributed by atoms with Crippen molar-refractivity contribution in [3.8, 4) is 5.75 Å². The number of anilines is 1. The number of hydrogen-bond acceptors (Lipinski definition) is 5. The van der Waals surface area contributed by atoms with E-state index in [0.29, 0.717) is 10.6 Å². The SMILES string of the molecule is CC(F)CN(c1ccc(Cl)cc1OCc1ccc(C(=O)O)cc1)S(=O)(=O)c1ccccn1. The first-order valence-corrected chi connectivity index (χ1v) is 11.3. The molecule has 3 aromatic rings. The summed E-state index contributed by atoms with van der Waals surface area (Å²) in [6, 6.07) is 14.8. The number of nitrogens with zero attached hydrogens (tertiary/aromatic N) is 2. The molecular formula is C22H20ClFN2O5S. The van der Waals surface area contributed by atoms with E-state index < -0.39 is 28.7 Å². The lowest BCUT2D eigenvalue weighted by Crippen LogP contribution is -2.36. The fourth-order valence-corrected chi connectivity index (χ4v) is 4.53. The number of aromatic carboxylic acids is 1. The lowest BCUT2D eigenvalue weighted by molar-refractivity contribution is 0.0697. The highest BCUT2D eigenvalue weighted by atomic mass is 35.5. The molecule has 10 heteroatoms. The Morgan fingerprint density at radius 2 is 1.91 bits per heavy atom. The van der Waals surface area contributed by atoms with Gasteiger partial charge in [0.05, 0.1) is 17.8 Å². The van der Waals surface area contributed by atoms with Crippen molar-refractivity contribution in [3.05, 3.63) is 83.0 Å². The van der Waals surface area contributed by atoms with Crippen LogP contribution in [0.25, 0.3) is 0 Å². The third-order valence-corrected chi connectivity index (χ3v) is 6.33. The number of carboxylic acid groups (broad SMARTS) is 1. The van der Waals surface area contributed by atoms with Crippen molar-refractivity contribution in [2.24, 2.45) is 0 Å². The Morgan fingerprint density at radius 1 is 1.19 bits per heavy atom. The van der Waals surface area contributed by atoms with Gasteiger partial charge in [-0.2, -0.15) is 8.42 Å². The van der Waals surface area contributed by atoms with Crippen LogP contribution in [-0.4, -0.2) is 37.2 Å². The summed E-state index contributed by atoms with van der Waals surface area (Å²) in [7, 11) is -4.19. The van der Waals surface area contributed by atoms with E-state index in [2.05, 4.69) is 4.98 Å². The van der Waals surface area contributed by atoms with Crippen LogP contribution in [0.3, 0.4) is 0 Å². The Labute approximate surface area is 190 Å². The van der Waals surface area contributed by atoms with Crippen LogP contribution in [-0.2, 0) is 16.6 Å². The second-order valence-corrected chi connectivity index (χ2v) is 9.13. The van der Waals surface area contributed by atoms with Crippen LogP contribution in [0.2, 0.25) is 5.02 Å². The van der Waals surface area contributed by atoms with Crippen LogP contribution >= 0.6 is 11.6 Å². The summed E-state index contributed by atoms with van der Waals surface area (Å²) in [5.74, 6) is -0.926. The molecule has 0 saturated carbocycles. The Kier molecular flexibility index (Phi) is 7.32. The highest BCUT2D eigenvalue weighted by Gasteiger charge is 2.30. The van der Waals surface area contributed by atoms with Crippen molar-refractivity contribution < 1.29 is 27.4 Å². The van der Waals surface area contributed by atoms with Crippen LogP contribution in [0.1, 0.15) is 22.8 Å². The van der Waals surface area contributed by atoms with Gasteiger partial charge in [0.15, 0.2) is 5.03 Å². The molecule has 0 fully saturated rings. The van der Waals surface area contributed by atoms with Crippen LogP contribution < -0.4 is 9.04 Å². The van der Waals surface area contributed by atoms with Crippen molar-refractivity contribution in [1.82, 2.24) is 4.98 Å². The number of carboxylic acids is 1. The van der Waals surface area contributed by atoms with Gasteiger partial charge in [0, 0.05) is 17.3 Å². The second kappa shape index (κ2) is 9.97. The molecule has 0 aliphatic carbocycles. The smallest absolute Gasteiger partial charge is 0.335 e. The molecule has 0 bridgehead atoms. The molecule has 1 N–H and O–H groups in total. The van der Waals surface area contributed by atoms with Crippen LogP contribution in [0.15, 0.2) is 71.9 Å². The number of carbonyl (C=O) groups is 1. The lowest BCUT2D eigenvalue weighted by atomic mass is 10.1. The normalized spacial score (nSPS) is 12.2. The van der Waals surface area contributed by atoms with Gasteiger partial charge in [0.2, 0.25) is 0 Å². The topological polar surface area (TPSA) is 96.8 Å². The first-order chi connectivity index (χ1) is 15.2. The molecule has 1 heterocycles. The molecule has 7 nitrogen and oxygen atoms in total. The van der Waals surface area contributed by atoms with Gasteiger partial charge >= 0.3 is 5.97 Å². The number of hydrogen-bond donors (Lipinski definition) is 1. The predicted octanol–water partition coefficient (Wildman–Crippen LogP) is 4.57. The second-order valence-electron chi connectivity index (χ2n) is 6.89.